The number of aromatic nitrogens is 2. The lowest BCUT2D eigenvalue weighted by Gasteiger charge is -2.19. The topological polar surface area (TPSA) is 68.2 Å². The standard InChI is InChI=1S/C15H22N4O/c1-2-6-15-17-14(18-20-15)12-19(10-9-16)11-13-7-4-3-5-8-13/h3-5,7-8H,2,6,9-12,16H2,1H3. The van der Waals surface area contributed by atoms with E-state index in [1.54, 1.807) is 0 Å². The zero-order valence-electron chi connectivity index (χ0n) is 12.0. The van der Waals surface area contributed by atoms with Gasteiger partial charge in [-0.2, -0.15) is 4.98 Å². The van der Waals surface area contributed by atoms with Crippen LogP contribution in [-0.4, -0.2) is 28.1 Å². The van der Waals surface area contributed by atoms with Gasteiger partial charge in [0, 0.05) is 26.1 Å². The first-order chi connectivity index (χ1) is 9.81. The number of nitrogens with zero attached hydrogens (tertiary/aromatic N) is 3. The van der Waals surface area contributed by atoms with Crippen LogP contribution in [0.25, 0.3) is 0 Å². The first-order valence-corrected chi connectivity index (χ1v) is 7.09. The van der Waals surface area contributed by atoms with Crippen molar-refractivity contribution in [2.45, 2.75) is 32.9 Å². The molecule has 20 heavy (non-hydrogen) atoms. The van der Waals surface area contributed by atoms with Gasteiger partial charge in [0.05, 0.1) is 6.54 Å². The quantitative estimate of drug-likeness (QED) is 0.797. The monoisotopic (exact) mass is 274 g/mol. The smallest absolute Gasteiger partial charge is 0.226 e. The molecule has 0 radical (unpaired) electrons. The summed E-state index contributed by atoms with van der Waals surface area (Å²) in [5.41, 5.74) is 6.95. The van der Waals surface area contributed by atoms with Crippen LogP contribution in [0.5, 0.6) is 0 Å². The minimum Gasteiger partial charge on any atom is -0.339 e. The summed E-state index contributed by atoms with van der Waals surface area (Å²) >= 11 is 0. The highest BCUT2D eigenvalue weighted by atomic mass is 16.5. The van der Waals surface area contributed by atoms with Gasteiger partial charge in [-0.1, -0.05) is 42.4 Å². The maximum Gasteiger partial charge on any atom is 0.226 e. The molecule has 2 rings (SSSR count). The molecule has 0 amide bonds. The van der Waals surface area contributed by atoms with Gasteiger partial charge in [0.1, 0.15) is 0 Å². The van der Waals surface area contributed by atoms with Crippen molar-refractivity contribution in [3.05, 3.63) is 47.6 Å². The van der Waals surface area contributed by atoms with E-state index in [0.29, 0.717) is 13.1 Å². The number of hydrogen-bond donors (Lipinski definition) is 1. The second-order valence-electron chi connectivity index (χ2n) is 4.84. The average molecular weight is 274 g/mol. The summed E-state index contributed by atoms with van der Waals surface area (Å²) in [5.74, 6) is 1.45. The highest BCUT2D eigenvalue weighted by Crippen LogP contribution is 2.08. The second-order valence-corrected chi connectivity index (χ2v) is 4.84. The Labute approximate surface area is 119 Å². The third-order valence-corrected chi connectivity index (χ3v) is 3.03. The number of nitrogens with two attached hydrogens (primary N) is 1. The molecule has 0 saturated heterocycles. The van der Waals surface area contributed by atoms with Gasteiger partial charge in [-0.25, -0.2) is 0 Å². The Morgan fingerprint density at radius 2 is 2.00 bits per heavy atom. The van der Waals surface area contributed by atoms with E-state index in [1.807, 2.05) is 18.2 Å². The molecule has 2 aromatic rings. The van der Waals surface area contributed by atoms with E-state index in [0.717, 1.165) is 37.6 Å². The Morgan fingerprint density at radius 3 is 2.70 bits per heavy atom. The van der Waals surface area contributed by atoms with Gasteiger partial charge in [0.15, 0.2) is 5.82 Å². The van der Waals surface area contributed by atoms with Gasteiger partial charge in [-0.05, 0) is 12.0 Å². The fraction of sp³-hybridized carbons (Fsp3) is 0.467. The molecular weight excluding hydrogens is 252 g/mol. The van der Waals surface area contributed by atoms with Gasteiger partial charge >= 0.3 is 0 Å². The molecule has 108 valence electrons. The SMILES string of the molecule is CCCc1nc(CN(CCN)Cc2ccccc2)no1. The second kappa shape index (κ2) is 7.77. The van der Waals surface area contributed by atoms with Crippen molar-refractivity contribution < 1.29 is 4.52 Å². The molecular formula is C15H22N4O. The van der Waals surface area contributed by atoms with Crippen LogP contribution in [0, 0.1) is 0 Å². The Morgan fingerprint density at radius 1 is 1.20 bits per heavy atom. The Kier molecular flexibility index (Phi) is 5.70. The molecule has 0 spiro atoms. The van der Waals surface area contributed by atoms with E-state index in [-0.39, 0.29) is 0 Å². The summed E-state index contributed by atoms with van der Waals surface area (Å²) in [6.45, 7) is 5.04. The molecule has 5 nitrogen and oxygen atoms in total. The third kappa shape index (κ3) is 4.43. The maximum absolute atomic E-state index is 5.68. The summed E-state index contributed by atoms with van der Waals surface area (Å²) in [6, 6.07) is 10.3. The lowest BCUT2D eigenvalue weighted by Crippen LogP contribution is -2.29. The molecule has 0 aliphatic carbocycles. The Balaban J connectivity index is 1.97. The fourth-order valence-electron chi connectivity index (χ4n) is 2.11. The summed E-state index contributed by atoms with van der Waals surface area (Å²) in [6.07, 6.45) is 1.85. The number of aryl methyl sites for hydroxylation is 1. The first kappa shape index (κ1) is 14.7. The molecule has 0 fully saturated rings. The van der Waals surface area contributed by atoms with E-state index in [9.17, 15) is 0 Å². The molecule has 0 aliphatic heterocycles. The average Bonchev–Trinajstić information content (AvgIpc) is 2.88. The summed E-state index contributed by atoms with van der Waals surface area (Å²) in [5, 5.41) is 4.03. The van der Waals surface area contributed by atoms with Crippen LogP contribution in [0.1, 0.15) is 30.6 Å². The van der Waals surface area contributed by atoms with E-state index in [1.165, 1.54) is 5.56 Å². The van der Waals surface area contributed by atoms with E-state index in [4.69, 9.17) is 10.3 Å². The molecule has 1 aromatic carbocycles. The van der Waals surface area contributed by atoms with Gasteiger partial charge in [-0.15, -0.1) is 0 Å². The van der Waals surface area contributed by atoms with Gasteiger partial charge < -0.3 is 10.3 Å². The molecule has 0 saturated carbocycles. The summed E-state index contributed by atoms with van der Waals surface area (Å²) in [4.78, 5) is 6.64. The molecule has 1 heterocycles. The minimum absolute atomic E-state index is 0.618. The van der Waals surface area contributed by atoms with Gasteiger partial charge in [-0.3, -0.25) is 4.90 Å². The number of benzene rings is 1. The lowest BCUT2D eigenvalue weighted by molar-refractivity contribution is 0.252. The Hall–Kier alpha value is -1.72. The summed E-state index contributed by atoms with van der Waals surface area (Å²) < 4.78 is 5.22. The van der Waals surface area contributed by atoms with Gasteiger partial charge in [0.2, 0.25) is 5.89 Å². The van der Waals surface area contributed by atoms with E-state index >= 15 is 0 Å². The van der Waals surface area contributed by atoms with Crippen molar-refractivity contribution in [2.24, 2.45) is 5.73 Å². The van der Waals surface area contributed by atoms with Crippen LogP contribution >= 0.6 is 0 Å². The zero-order valence-corrected chi connectivity index (χ0v) is 12.0. The molecule has 0 atom stereocenters. The zero-order chi connectivity index (χ0) is 14.2. The van der Waals surface area contributed by atoms with Crippen molar-refractivity contribution in [1.82, 2.24) is 15.0 Å². The van der Waals surface area contributed by atoms with E-state index in [2.05, 4.69) is 34.1 Å². The molecule has 0 bridgehead atoms. The number of hydrogen-bond acceptors (Lipinski definition) is 5. The normalized spacial score (nSPS) is 11.2. The Bertz CT molecular complexity index is 498. The molecule has 5 heteroatoms. The fourth-order valence-corrected chi connectivity index (χ4v) is 2.11. The van der Waals surface area contributed by atoms with Crippen molar-refractivity contribution in [1.29, 1.82) is 0 Å². The molecule has 1 aromatic heterocycles. The van der Waals surface area contributed by atoms with E-state index < -0.39 is 0 Å². The maximum atomic E-state index is 5.68. The van der Waals surface area contributed by atoms with Crippen LogP contribution in [0.3, 0.4) is 0 Å². The van der Waals surface area contributed by atoms with Crippen LogP contribution in [-0.2, 0) is 19.5 Å². The van der Waals surface area contributed by atoms with Crippen LogP contribution < -0.4 is 5.73 Å². The lowest BCUT2D eigenvalue weighted by atomic mass is 10.2. The predicted molar refractivity (Wildman–Crippen MR) is 77.9 cm³/mol. The molecule has 0 unspecified atom stereocenters. The molecule has 0 aliphatic rings. The van der Waals surface area contributed by atoms with Crippen molar-refractivity contribution in [3.8, 4) is 0 Å². The minimum atomic E-state index is 0.618. The van der Waals surface area contributed by atoms with Crippen LogP contribution in [0.2, 0.25) is 0 Å². The summed E-state index contributed by atoms with van der Waals surface area (Å²) in [7, 11) is 0. The highest BCUT2D eigenvalue weighted by molar-refractivity contribution is 5.14. The van der Waals surface area contributed by atoms with Crippen molar-refractivity contribution >= 4 is 0 Å². The van der Waals surface area contributed by atoms with Crippen LogP contribution in [0.4, 0.5) is 0 Å². The number of rotatable bonds is 8. The largest absolute Gasteiger partial charge is 0.339 e. The first-order valence-electron chi connectivity index (χ1n) is 7.09. The third-order valence-electron chi connectivity index (χ3n) is 3.03. The van der Waals surface area contributed by atoms with Crippen LogP contribution in [0.15, 0.2) is 34.9 Å². The van der Waals surface area contributed by atoms with Crippen molar-refractivity contribution in [3.63, 3.8) is 0 Å². The highest BCUT2D eigenvalue weighted by Gasteiger charge is 2.11. The van der Waals surface area contributed by atoms with Crippen molar-refractivity contribution in [2.75, 3.05) is 13.1 Å². The predicted octanol–water partition coefficient (Wildman–Crippen LogP) is 1.98. The van der Waals surface area contributed by atoms with Gasteiger partial charge in [0.25, 0.3) is 0 Å². The molecule has 2 N–H and O–H groups in total.